The number of aromatic nitrogens is 2. The van der Waals surface area contributed by atoms with Gasteiger partial charge in [-0.1, -0.05) is 37.8 Å². The molecule has 0 radical (unpaired) electrons. The maximum Gasteiger partial charge on any atom is 0.220 e. The first-order valence-electron chi connectivity index (χ1n) is 10.1. The summed E-state index contributed by atoms with van der Waals surface area (Å²) in [5.74, 6) is 2.87. The number of ether oxygens (including phenoxy) is 1. The second kappa shape index (κ2) is 6.69. The molecule has 2 aromatic rings. The monoisotopic (exact) mass is 353 g/mol. The van der Waals surface area contributed by atoms with Crippen molar-refractivity contribution in [1.82, 2.24) is 15.3 Å². The second-order valence-electron chi connectivity index (χ2n) is 8.20. The van der Waals surface area contributed by atoms with Crippen molar-refractivity contribution in [2.45, 2.75) is 57.1 Å². The van der Waals surface area contributed by atoms with Crippen molar-refractivity contribution in [2.24, 2.45) is 17.8 Å². The zero-order chi connectivity index (χ0) is 17.5. The van der Waals surface area contributed by atoms with Gasteiger partial charge in [-0.15, -0.1) is 0 Å². The van der Waals surface area contributed by atoms with Gasteiger partial charge in [-0.25, -0.2) is 4.98 Å². The molecule has 5 nitrogen and oxygen atoms in total. The van der Waals surface area contributed by atoms with E-state index >= 15 is 0 Å². The number of nitrogens with one attached hydrogen (secondary N) is 2. The van der Waals surface area contributed by atoms with Gasteiger partial charge in [0.2, 0.25) is 5.91 Å². The average molecular weight is 353 g/mol. The number of para-hydroxylation sites is 2. The third kappa shape index (κ3) is 2.82. The zero-order valence-electron chi connectivity index (χ0n) is 15.1. The number of hydrogen-bond donors (Lipinski definition) is 2. The molecule has 2 N–H and O–H groups in total. The summed E-state index contributed by atoms with van der Waals surface area (Å²) in [5.41, 5.74) is 2.00. The number of benzene rings is 1. The predicted octanol–water partition coefficient (Wildman–Crippen LogP) is 3.21. The summed E-state index contributed by atoms with van der Waals surface area (Å²) in [6.45, 7) is 0.865. The average Bonchev–Trinajstić information content (AvgIpc) is 3.38. The lowest BCUT2D eigenvalue weighted by atomic mass is 9.61. The number of nitrogens with zero attached hydrogens (tertiary/aromatic N) is 1. The molecule has 2 saturated carbocycles. The lowest BCUT2D eigenvalue weighted by molar-refractivity contribution is -0.129. The van der Waals surface area contributed by atoms with E-state index in [9.17, 15) is 4.79 Å². The van der Waals surface area contributed by atoms with Crippen LogP contribution >= 0.6 is 0 Å². The molecule has 4 atom stereocenters. The van der Waals surface area contributed by atoms with Crippen LogP contribution in [0.3, 0.4) is 0 Å². The van der Waals surface area contributed by atoms with Gasteiger partial charge in [0.05, 0.1) is 17.1 Å². The quantitative estimate of drug-likeness (QED) is 0.867. The van der Waals surface area contributed by atoms with E-state index in [4.69, 9.17) is 4.74 Å². The Bertz CT molecular complexity index is 758. The van der Waals surface area contributed by atoms with Crippen molar-refractivity contribution >= 4 is 16.9 Å². The van der Waals surface area contributed by atoms with E-state index in [1.54, 1.807) is 0 Å². The van der Waals surface area contributed by atoms with Crippen molar-refractivity contribution in [1.29, 1.82) is 0 Å². The second-order valence-corrected chi connectivity index (χ2v) is 8.20. The fourth-order valence-corrected chi connectivity index (χ4v) is 5.47. The summed E-state index contributed by atoms with van der Waals surface area (Å²) >= 11 is 0. The minimum atomic E-state index is 0.156. The van der Waals surface area contributed by atoms with Crippen LogP contribution in [0.2, 0.25) is 0 Å². The minimum Gasteiger partial charge on any atom is -0.377 e. The highest BCUT2D eigenvalue weighted by molar-refractivity contribution is 5.77. The summed E-state index contributed by atoms with van der Waals surface area (Å²) in [5, 5.41) is 3.36. The largest absolute Gasteiger partial charge is 0.377 e. The standard InChI is InChI=1S/C21H27N3O2/c25-18(10-9-17-22-15-7-3-4-8-16(15)23-17)24-20-14-11-12-26-21(14)19(20)13-5-1-2-6-13/h3-4,7-8,13-14,19-21H,1-2,5-6,9-12H2,(H,22,23)(H,24,25)/t14-,19+,20-,21-/m0/s1. The summed E-state index contributed by atoms with van der Waals surface area (Å²) in [6, 6.07) is 8.33. The van der Waals surface area contributed by atoms with E-state index in [-0.39, 0.29) is 5.91 Å². The molecule has 0 spiro atoms. The lowest BCUT2D eigenvalue weighted by Crippen LogP contribution is -2.63. The Kier molecular flexibility index (Phi) is 4.20. The fraction of sp³-hybridized carbons (Fsp3) is 0.619. The van der Waals surface area contributed by atoms with Crippen LogP contribution in [0.5, 0.6) is 0 Å². The molecule has 1 saturated heterocycles. The maximum atomic E-state index is 12.6. The SMILES string of the molecule is O=C(CCc1nc2ccccc2[nH]1)N[C@H]1[C@@H]2CCO[C@@H]2[C@@H]1C1CCCC1. The van der Waals surface area contributed by atoms with Gasteiger partial charge in [0.1, 0.15) is 5.82 Å². The van der Waals surface area contributed by atoms with Crippen molar-refractivity contribution < 1.29 is 9.53 Å². The van der Waals surface area contributed by atoms with E-state index in [0.717, 1.165) is 35.8 Å². The highest BCUT2D eigenvalue weighted by atomic mass is 16.5. The number of rotatable bonds is 5. The number of hydrogen-bond acceptors (Lipinski definition) is 3. The smallest absolute Gasteiger partial charge is 0.220 e. The topological polar surface area (TPSA) is 67.0 Å². The molecule has 2 heterocycles. The highest BCUT2D eigenvalue weighted by Crippen LogP contribution is 2.51. The number of aromatic amines is 1. The molecule has 1 aliphatic heterocycles. The molecule has 2 aliphatic carbocycles. The van der Waals surface area contributed by atoms with E-state index in [1.807, 2.05) is 24.3 Å². The first kappa shape index (κ1) is 16.3. The van der Waals surface area contributed by atoms with Gasteiger partial charge in [0.25, 0.3) is 0 Å². The van der Waals surface area contributed by atoms with Crippen LogP contribution in [0.15, 0.2) is 24.3 Å². The van der Waals surface area contributed by atoms with Gasteiger partial charge in [-0.2, -0.15) is 0 Å². The van der Waals surface area contributed by atoms with Crippen LogP contribution in [-0.2, 0) is 16.0 Å². The first-order valence-corrected chi connectivity index (χ1v) is 10.1. The third-order valence-electron chi connectivity index (χ3n) is 6.74. The molecule has 26 heavy (non-hydrogen) atoms. The van der Waals surface area contributed by atoms with Crippen LogP contribution in [0.1, 0.15) is 44.3 Å². The van der Waals surface area contributed by atoms with E-state index in [1.165, 1.54) is 25.7 Å². The van der Waals surface area contributed by atoms with Crippen LogP contribution in [0.4, 0.5) is 0 Å². The number of H-pyrrole nitrogens is 1. The highest BCUT2D eigenvalue weighted by Gasteiger charge is 2.56. The van der Waals surface area contributed by atoms with Crippen molar-refractivity contribution in [3.8, 4) is 0 Å². The number of aryl methyl sites for hydroxylation is 1. The molecule has 3 aliphatic rings. The van der Waals surface area contributed by atoms with Crippen molar-refractivity contribution in [3.05, 3.63) is 30.1 Å². The number of carbonyl (C=O) groups excluding carboxylic acids is 1. The van der Waals surface area contributed by atoms with E-state index in [0.29, 0.717) is 36.8 Å². The van der Waals surface area contributed by atoms with Crippen LogP contribution in [-0.4, -0.2) is 34.6 Å². The first-order chi connectivity index (χ1) is 12.8. The van der Waals surface area contributed by atoms with Gasteiger partial charge in [0.15, 0.2) is 0 Å². The van der Waals surface area contributed by atoms with Crippen LogP contribution in [0, 0.1) is 17.8 Å². The molecule has 138 valence electrons. The van der Waals surface area contributed by atoms with E-state index < -0.39 is 0 Å². The summed E-state index contributed by atoms with van der Waals surface area (Å²) < 4.78 is 5.99. The summed E-state index contributed by atoms with van der Waals surface area (Å²) in [6.07, 6.45) is 7.95. The Morgan fingerprint density at radius 2 is 2.08 bits per heavy atom. The molecule has 5 rings (SSSR count). The molecule has 1 amide bonds. The predicted molar refractivity (Wildman–Crippen MR) is 99.6 cm³/mol. The number of amides is 1. The maximum absolute atomic E-state index is 12.6. The molecule has 1 aromatic heterocycles. The van der Waals surface area contributed by atoms with Gasteiger partial charge in [-0.05, 0) is 24.5 Å². The number of fused-ring (bicyclic) bond motifs is 2. The minimum absolute atomic E-state index is 0.156. The normalized spacial score (nSPS) is 31.1. The molecule has 3 fully saturated rings. The molecule has 5 heteroatoms. The van der Waals surface area contributed by atoms with Gasteiger partial charge in [-0.3, -0.25) is 4.79 Å². The summed E-state index contributed by atoms with van der Waals surface area (Å²) in [4.78, 5) is 20.5. The Morgan fingerprint density at radius 1 is 1.23 bits per heavy atom. The third-order valence-corrected chi connectivity index (χ3v) is 6.74. The summed E-state index contributed by atoms with van der Waals surface area (Å²) in [7, 11) is 0. The zero-order valence-corrected chi connectivity index (χ0v) is 15.1. The Hall–Kier alpha value is -1.88. The molecular weight excluding hydrogens is 326 g/mol. The molecule has 1 aromatic carbocycles. The van der Waals surface area contributed by atoms with Crippen molar-refractivity contribution in [2.75, 3.05) is 6.61 Å². The molecule has 0 unspecified atom stereocenters. The van der Waals surface area contributed by atoms with E-state index in [2.05, 4.69) is 15.3 Å². The van der Waals surface area contributed by atoms with Gasteiger partial charge >= 0.3 is 0 Å². The number of carbonyl (C=O) groups is 1. The fourth-order valence-electron chi connectivity index (χ4n) is 5.47. The van der Waals surface area contributed by atoms with Crippen LogP contribution in [0.25, 0.3) is 11.0 Å². The van der Waals surface area contributed by atoms with Gasteiger partial charge in [0, 0.05) is 37.3 Å². The lowest BCUT2D eigenvalue weighted by Gasteiger charge is -2.50. The Morgan fingerprint density at radius 3 is 2.92 bits per heavy atom. The van der Waals surface area contributed by atoms with Crippen LogP contribution < -0.4 is 5.32 Å². The molecular formula is C21H27N3O2. The van der Waals surface area contributed by atoms with Crippen molar-refractivity contribution in [3.63, 3.8) is 0 Å². The van der Waals surface area contributed by atoms with Gasteiger partial charge < -0.3 is 15.0 Å². The molecule has 0 bridgehead atoms. The Labute approximate surface area is 153 Å². The Balaban J connectivity index is 1.20. The number of imidazole rings is 1.